The minimum Gasteiger partial charge on any atom is -0.292 e. The van der Waals surface area contributed by atoms with Gasteiger partial charge in [0.1, 0.15) is 0 Å². The number of rotatable bonds is 4. The Morgan fingerprint density at radius 3 is 2.50 bits per heavy atom. The van der Waals surface area contributed by atoms with E-state index in [1.807, 2.05) is 48.5 Å². The second kappa shape index (κ2) is 7.24. The highest BCUT2D eigenvalue weighted by Gasteiger charge is 2.18. The third-order valence-corrected chi connectivity index (χ3v) is 5.17. The smallest absolute Gasteiger partial charge is 0.292 e. The molecule has 2 heterocycles. The van der Waals surface area contributed by atoms with Crippen LogP contribution in [0.5, 0.6) is 0 Å². The lowest BCUT2D eigenvalue weighted by atomic mass is 10.1. The molecule has 0 aliphatic carbocycles. The standard InChI is InChI=1S/C23H15ClN4O2/c24-17-10-6-9-16(13-17)20(29)14-27-19-12-5-4-11-18(19)22-25-21(26-28(22)23(27)30)15-7-2-1-3-8-15/h1-13H,14H2. The average Bonchev–Trinajstić information content (AvgIpc) is 3.23. The molecule has 0 saturated heterocycles. The van der Waals surface area contributed by atoms with Gasteiger partial charge in [-0.15, -0.1) is 5.10 Å². The van der Waals surface area contributed by atoms with Crippen molar-refractivity contribution in [1.29, 1.82) is 0 Å². The molecule has 30 heavy (non-hydrogen) atoms. The van der Waals surface area contributed by atoms with Crippen LogP contribution in [0.4, 0.5) is 0 Å². The second-order valence-electron chi connectivity index (χ2n) is 6.86. The van der Waals surface area contributed by atoms with Crippen LogP contribution in [-0.4, -0.2) is 24.9 Å². The van der Waals surface area contributed by atoms with Crippen molar-refractivity contribution in [1.82, 2.24) is 19.2 Å². The maximum absolute atomic E-state index is 13.3. The summed E-state index contributed by atoms with van der Waals surface area (Å²) in [6.45, 7) is -0.129. The van der Waals surface area contributed by atoms with E-state index in [4.69, 9.17) is 11.6 Å². The molecular weight excluding hydrogens is 400 g/mol. The SMILES string of the molecule is O=C(Cn1c(=O)n2nc(-c3ccccc3)nc2c2ccccc21)c1cccc(Cl)c1. The van der Waals surface area contributed by atoms with Crippen LogP contribution in [0.1, 0.15) is 10.4 Å². The molecular formula is C23H15ClN4O2. The molecule has 7 heteroatoms. The predicted molar refractivity (Wildman–Crippen MR) is 116 cm³/mol. The van der Waals surface area contributed by atoms with Crippen LogP contribution in [0.2, 0.25) is 5.02 Å². The highest BCUT2D eigenvalue weighted by atomic mass is 35.5. The lowest BCUT2D eigenvalue weighted by molar-refractivity contribution is 0.0971. The number of benzene rings is 3. The van der Waals surface area contributed by atoms with Crippen molar-refractivity contribution in [3.8, 4) is 11.4 Å². The second-order valence-corrected chi connectivity index (χ2v) is 7.29. The number of carbonyl (C=O) groups is 1. The third-order valence-electron chi connectivity index (χ3n) is 4.94. The molecule has 6 nitrogen and oxygen atoms in total. The summed E-state index contributed by atoms with van der Waals surface area (Å²) in [7, 11) is 0. The fraction of sp³-hybridized carbons (Fsp3) is 0.0435. The first kappa shape index (κ1) is 18.3. The number of para-hydroxylation sites is 1. The summed E-state index contributed by atoms with van der Waals surface area (Å²) < 4.78 is 2.69. The minimum absolute atomic E-state index is 0.129. The maximum Gasteiger partial charge on any atom is 0.351 e. The third kappa shape index (κ3) is 3.07. The number of ketones is 1. The van der Waals surface area contributed by atoms with Crippen molar-refractivity contribution in [3.05, 3.63) is 99.9 Å². The summed E-state index contributed by atoms with van der Waals surface area (Å²) in [6, 6.07) is 23.5. The van der Waals surface area contributed by atoms with Gasteiger partial charge in [-0.25, -0.2) is 9.78 Å². The van der Waals surface area contributed by atoms with Crippen LogP contribution in [0, 0.1) is 0 Å². The number of Topliss-reactive ketones (excluding diaryl/α,β-unsaturated/α-hetero) is 1. The van der Waals surface area contributed by atoms with Gasteiger partial charge >= 0.3 is 5.69 Å². The lowest BCUT2D eigenvalue weighted by Gasteiger charge is -2.10. The summed E-state index contributed by atoms with van der Waals surface area (Å²) in [5, 5.41) is 5.64. The molecule has 0 bridgehead atoms. The van der Waals surface area contributed by atoms with E-state index < -0.39 is 5.69 Å². The molecule has 0 aliphatic rings. The maximum atomic E-state index is 13.3. The summed E-state index contributed by atoms with van der Waals surface area (Å²) in [5.74, 6) is 0.240. The van der Waals surface area contributed by atoms with E-state index in [9.17, 15) is 9.59 Å². The molecule has 5 rings (SSSR count). The van der Waals surface area contributed by atoms with Gasteiger partial charge in [0.25, 0.3) is 0 Å². The van der Waals surface area contributed by atoms with Gasteiger partial charge in [0.05, 0.1) is 12.1 Å². The van der Waals surface area contributed by atoms with Crippen LogP contribution in [0.3, 0.4) is 0 Å². The fourth-order valence-electron chi connectivity index (χ4n) is 3.49. The van der Waals surface area contributed by atoms with Gasteiger partial charge in [0, 0.05) is 21.5 Å². The summed E-state index contributed by atoms with van der Waals surface area (Å²) in [5.41, 5.74) is 1.92. The molecule has 0 atom stereocenters. The zero-order chi connectivity index (χ0) is 20.7. The topological polar surface area (TPSA) is 69.3 Å². The number of halogens is 1. The van der Waals surface area contributed by atoms with Crippen LogP contribution < -0.4 is 5.69 Å². The van der Waals surface area contributed by atoms with Crippen LogP contribution in [-0.2, 0) is 6.54 Å². The average molecular weight is 415 g/mol. The lowest BCUT2D eigenvalue weighted by Crippen LogP contribution is -2.30. The molecule has 0 fully saturated rings. The van der Waals surface area contributed by atoms with Crippen molar-refractivity contribution >= 4 is 33.9 Å². The molecule has 2 aromatic heterocycles. The molecule has 0 saturated carbocycles. The Hall–Kier alpha value is -3.77. The summed E-state index contributed by atoms with van der Waals surface area (Å²) in [4.78, 5) is 30.7. The zero-order valence-corrected chi connectivity index (χ0v) is 16.5. The number of fused-ring (bicyclic) bond motifs is 3. The minimum atomic E-state index is -0.422. The van der Waals surface area contributed by atoms with E-state index in [1.165, 1.54) is 9.08 Å². The molecule has 3 aromatic carbocycles. The molecule has 0 spiro atoms. The Balaban J connectivity index is 1.70. The van der Waals surface area contributed by atoms with E-state index >= 15 is 0 Å². The molecule has 5 aromatic rings. The van der Waals surface area contributed by atoms with Gasteiger partial charge in [-0.1, -0.05) is 66.2 Å². The van der Waals surface area contributed by atoms with Crippen LogP contribution in [0.15, 0.2) is 83.7 Å². The van der Waals surface area contributed by atoms with E-state index in [0.29, 0.717) is 27.6 Å². The van der Waals surface area contributed by atoms with Crippen molar-refractivity contribution in [2.45, 2.75) is 6.54 Å². The highest BCUT2D eigenvalue weighted by Crippen LogP contribution is 2.21. The molecule has 146 valence electrons. The zero-order valence-electron chi connectivity index (χ0n) is 15.7. The van der Waals surface area contributed by atoms with E-state index in [1.54, 1.807) is 30.3 Å². The van der Waals surface area contributed by atoms with E-state index in [0.717, 1.165) is 10.9 Å². The largest absolute Gasteiger partial charge is 0.351 e. The van der Waals surface area contributed by atoms with Gasteiger partial charge in [0.2, 0.25) is 0 Å². The number of hydrogen-bond acceptors (Lipinski definition) is 4. The summed E-state index contributed by atoms with van der Waals surface area (Å²) in [6.07, 6.45) is 0. The van der Waals surface area contributed by atoms with E-state index in [2.05, 4.69) is 10.1 Å². The van der Waals surface area contributed by atoms with Gasteiger partial charge in [-0.05, 0) is 24.3 Å². The summed E-state index contributed by atoms with van der Waals surface area (Å²) >= 11 is 6.01. The van der Waals surface area contributed by atoms with Crippen molar-refractivity contribution in [2.75, 3.05) is 0 Å². The van der Waals surface area contributed by atoms with Crippen LogP contribution >= 0.6 is 11.6 Å². The highest BCUT2D eigenvalue weighted by molar-refractivity contribution is 6.31. The van der Waals surface area contributed by atoms with Crippen molar-refractivity contribution in [3.63, 3.8) is 0 Å². The van der Waals surface area contributed by atoms with Crippen LogP contribution in [0.25, 0.3) is 27.9 Å². The first-order valence-corrected chi connectivity index (χ1v) is 9.72. The molecule has 0 aliphatic heterocycles. The Bertz CT molecular complexity index is 1470. The number of nitrogens with zero attached hydrogens (tertiary/aromatic N) is 4. The molecule has 0 amide bonds. The number of aromatic nitrogens is 4. The first-order chi connectivity index (χ1) is 14.6. The predicted octanol–water partition coefficient (Wildman–Crippen LogP) is 4.25. The Morgan fingerprint density at radius 1 is 0.933 bits per heavy atom. The molecule has 0 radical (unpaired) electrons. The Kier molecular flexibility index (Phi) is 4.41. The molecule has 0 N–H and O–H groups in total. The number of carbonyl (C=O) groups excluding carboxylic acids is 1. The van der Waals surface area contributed by atoms with Gasteiger partial charge in [-0.2, -0.15) is 4.52 Å². The number of hydrogen-bond donors (Lipinski definition) is 0. The fourth-order valence-corrected chi connectivity index (χ4v) is 3.68. The Morgan fingerprint density at radius 2 is 1.70 bits per heavy atom. The normalized spacial score (nSPS) is 11.2. The molecule has 0 unspecified atom stereocenters. The van der Waals surface area contributed by atoms with Gasteiger partial charge in [-0.3, -0.25) is 9.36 Å². The van der Waals surface area contributed by atoms with Crippen molar-refractivity contribution < 1.29 is 4.79 Å². The van der Waals surface area contributed by atoms with E-state index in [-0.39, 0.29) is 12.3 Å². The monoisotopic (exact) mass is 414 g/mol. The first-order valence-electron chi connectivity index (χ1n) is 9.34. The van der Waals surface area contributed by atoms with Gasteiger partial charge in [0.15, 0.2) is 17.3 Å². The van der Waals surface area contributed by atoms with Gasteiger partial charge < -0.3 is 0 Å². The van der Waals surface area contributed by atoms with Crippen molar-refractivity contribution in [2.24, 2.45) is 0 Å². The Labute approximate surface area is 176 Å². The quantitative estimate of drug-likeness (QED) is 0.412.